The minimum atomic E-state index is -1.41. The average Bonchev–Trinajstić information content (AvgIpc) is 3.02. The van der Waals surface area contributed by atoms with E-state index in [-0.39, 0.29) is 16.4 Å². The van der Waals surface area contributed by atoms with Gasteiger partial charge in [-0.25, -0.2) is 9.48 Å². The van der Waals surface area contributed by atoms with Gasteiger partial charge in [-0.1, -0.05) is 29.3 Å². The Hall–Kier alpha value is -2.64. The lowest BCUT2D eigenvalue weighted by molar-refractivity contribution is 0.0695. The summed E-state index contributed by atoms with van der Waals surface area (Å²) in [6.07, 6.45) is 1.27. The maximum Gasteiger partial charge on any atom is 0.341 e. The molecule has 9 heteroatoms. The third-order valence-electron chi connectivity index (χ3n) is 4.21. The van der Waals surface area contributed by atoms with E-state index in [4.69, 9.17) is 23.2 Å². The molecule has 3 aromatic rings. The highest BCUT2D eigenvalue weighted by molar-refractivity contribution is 6.42. The molecule has 0 atom stereocenters. The zero-order valence-corrected chi connectivity index (χ0v) is 15.8. The first-order chi connectivity index (χ1) is 12.8. The summed E-state index contributed by atoms with van der Waals surface area (Å²) in [5.74, 6) is -2.18. The van der Waals surface area contributed by atoms with Crippen molar-refractivity contribution in [1.82, 2.24) is 14.3 Å². The van der Waals surface area contributed by atoms with Crippen molar-refractivity contribution in [3.05, 3.63) is 67.9 Å². The summed E-state index contributed by atoms with van der Waals surface area (Å²) in [7, 11) is 0. The van der Waals surface area contributed by atoms with Gasteiger partial charge in [0.1, 0.15) is 11.3 Å². The van der Waals surface area contributed by atoms with Crippen LogP contribution < -0.4 is 5.43 Å². The Kier molecular flexibility index (Phi) is 5.08. The van der Waals surface area contributed by atoms with Crippen LogP contribution in [-0.4, -0.2) is 25.4 Å². The normalized spacial score (nSPS) is 11.0. The molecule has 2 heterocycles. The number of aromatic carboxylic acids is 1. The molecular formula is C18H14Cl2FN3O3. The van der Waals surface area contributed by atoms with Crippen molar-refractivity contribution in [3.8, 4) is 16.9 Å². The summed E-state index contributed by atoms with van der Waals surface area (Å²) >= 11 is 12.0. The minimum Gasteiger partial charge on any atom is -0.477 e. The van der Waals surface area contributed by atoms with Crippen molar-refractivity contribution in [2.75, 3.05) is 0 Å². The largest absolute Gasteiger partial charge is 0.477 e. The minimum absolute atomic E-state index is 0.0260. The fourth-order valence-corrected chi connectivity index (χ4v) is 3.35. The number of pyridine rings is 1. The molecule has 1 N–H and O–H groups in total. The molecule has 0 amide bonds. The number of aromatic nitrogens is 3. The van der Waals surface area contributed by atoms with E-state index in [1.165, 1.54) is 18.3 Å². The van der Waals surface area contributed by atoms with E-state index in [9.17, 15) is 19.1 Å². The number of hydrogen-bond donors (Lipinski definition) is 1. The molecule has 27 heavy (non-hydrogen) atoms. The van der Waals surface area contributed by atoms with Crippen LogP contribution in [0.2, 0.25) is 10.0 Å². The molecule has 0 bridgehead atoms. The maximum atomic E-state index is 13.4. The van der Waals surface area contributed by atoms with E-state index >= 15 is 0 Å². The highest BCUT2D eigenvalue weighted by Gasteiger charge is 2.26. The van der Waals surface area contributed by atoms with Crippen LogP contribution in [0.3, 0.4) is 0 Å². The Morgan fingerprint density at radius 3 is 2.48 bits per heavy atom. The zero-order valence-electron chi connectivity index (χ0n) is 14.3. The quantitative estimate of drug-likeness (QED) is 0.701. The Labute approximate surface area is 163 Å². The lowest BCUT2D eigenvalue weighted by Gasteiger charge is -2.21. The van der Waals surface area contributed by atoms with Crippen LogP contribution in [0.15, 0.2) is 35.3 Å². The standard InChI is InChI=1S/C18H14Cl2FN3O3/c1-3-23-9(2)15(24-7-6-13(21)22-24)17(25)14(18(26)27)16(23)10-4-5-11(19)12(20)8-10/h4-8H,3H2,1-2H3,(H,26,27). The second-order valence-corrected chi connectivity index (χ2v) is 6.56. The Balaban J connectivity index is 2.45. The molecular weight excluding hydrogens is 396 g/mol. The maximum absolute atomic E-state index is 13.4. The summed E-state index contributed by atoms with van der Waals surface area (Å²) in [6.45, 7) is 3.81. The van der Waals surface area contributed by atoms with Gasteiger partial charge in [0.15, 0.2) is 0 Å². The molecule has 0 aliphatic carbocycles. The van der Waals surface area contributed by atoms with Crippen molar-refractivity contribution in [2.45, 2.75) is 20.4 Å². The van der Waals surface area contributed by atoms with Crippen LogP contribution in [0.25, 0.3) is 16.9 Å². The molecule has 0 saturated carbocycles. The summed E-state index contributed by atoms with van der Waals surface area (Å²) in [5.41, 5.74) is -0.177. The lowest BCUT2D eigenvalue weighted by atomic mass is 10.0. The third-order valence-corrected chi connectivity index (χ3v) is 4.94. The Morgan fingerprint density at radius 2 is 1.96 bits per heavy atom. The Bertz CT molecular complexity index is 1120. The number of carbonyl (C=O) groups is 1. The van der Waals surface area contributed by atoms with Gasteiger partial charge in [0, 0.05) is 30.1 Å². The molecule has 0 unspecified atom stereocenters. The summed E-state index contributed by atoms with van der Waals surface area (Å²) in [6, 6.07) is 5.71. The fraction of sp³-hybridized carbons (Fsp3) is 0.167. The van der Waals surface area contributed by atoms with Crippen molar-refractivity contribution in [3.63, 3.8) is 0 Å². The monoisotopic (exact) mass is 409 g/mol. The second kappa shape index (κ2) is 7.17. The van der Waals surface area contributed by atoms with Crippen LogP contribution in [-0.2, 0) is 6.54 Å². The number of rotatable bonds is 4. The van der Waals surface area contributed by atoms with Gasteiger partial charge in [-0.3, -0.25) is 4.79 Å². The smallest absolute Gasteiger partial charge is 0.341 e. The number of nitrogens with zero attached hydrogens (tertiary/aromatic N) is 3. The number of halogens is 3. The predicted octanol–water partition coefficient (Wildman–Crippen LogP) is 4.17. The first-order valence-electron chi connectivity index (χ1n) is 7.93. The van der Waals surface area contributed by atoms with Gasteiger partial charge in [-0.2, -0.15) is 4.39 Å². The van der Waals surface area contributed by atoms with Gasteiger partial charge >= 0.3 is 5.97 Å². The van der Waals surface area contributed by atoms with Crippen LogP contribution in [0.5, 0.6) is 0 Å². The van der Waals surface area contributed by atoms with Crippen molar-refractivity contribution < 1.29 is 14.3 Å². The van der Waals surface area contributed by atoms with E-state index in [0.717, 1.165) is 10.7 Å². The first-order valence-corrected chi connectivity index (χ1v) is 8.69. The molecule has 6 nitrogen and oxygen atoms in total. The molecule has 0 spiro atoms. The molecule has 0 aliphatic rings. The van der Waals surface area contributed by atoms with Gasteiger partial charge in [0.2, 0.25) is 11.4 Å². The highest BCUT2D eigenvalue weighted by atomic mass is 35.5. The molecule has 140 valence electrons. The summed E-state index contributed by atoms with van der Waals surface area (Å²) in [5, 5.41) is 13.9. The van der Waals surface area contributed by atoms with Crippen molar-refractivity contribution in [2.24, 2.45) is 0 Å². The molecule has 3 rings (SSSR count). The average molecular weight is 410 g/mol. The zero-order chi connectivity index (χ0) is 19.9. The van der Waals surface area contributed by atoms with Gasteiger partial charge in [0.25, 0.3) is 0 Å². The third kappa shape index (κ3) is 3.24. The van der Waals surface area contributed by atoms with Gasteiger partial charge in [-0.15, -0.1) is 5.10 Å². The van der Waals surface area contributed by atoms with E-state index in [1.54, 1.807) is 24.5 Å². The summed E-state index contributed by atoms with van der Waals surface area (Å²) in [4.78, 5) is 25.0. The highest BCUT2D eigenvalue weighted by Crippen LogP contribution is 2.31. The SMILES string of the molecule is CCn1c(C)c(-n2ccc(F)n2)c(=O)c(C(=O)O)c1-c1ccc(Cl)c(Cl)c1. The number of hydrogen-bond acceptors (Lipinski definition) is 3. The molecule has 0 saturated heterocycles. The summed E-state index contributed by atoms with van der Waals surface area (Å²) < 4.78 is 16.1. The van der Waals surface area contributed by atoms with Gasteiger partial charge in [-0.05, 0) is 26.0 Å². The van der Waals surface area contributed by atoms with Crippen molar-refractivity contribution >= 4 is 29.2 Å². The first kappa shape index (κ1) is 19.1. The molecule has 1 aromatic carbocycles. The second-order valence-electron chi connectivity index (χ2n) is 5.75. The molecule has 2 aromatic heterocycles. The number of benzene rings is 1. The molecule has 0 radical (unpaired) electrons. The van der Waals surface area contributed by atoms with Crippen LogP contribution in [0.4, 0.5) is 4.39 Å². The van der Waals surface area contributed by atoms with Gasteiger partial charge < -0.3 is 9.67 Å². The Morgan fingerprint density at radius 1 is 1.26 bits per heavy atom. The van der Waals surface area contributed by atoms with Crippen LogP contribution in [0, 0.1) is 12.9 Å². The fourth-order valence-electron chi connectivity index (χ4n) is 3.05. The van der Waals surface area contributed by atoms with Crippen LogP contribution >= 0.6 is 23.2 Å². The van der Waals surface area contributed by atoms with E-state index in [1.807, 2.05) is 0 Å². The van der Waals surface area contributed by atoms with Gasteiger partial charge in [0.05, 0.1) is 15.7 Å². The van der Waals surface area contributed by atoms with E-state index in [2.05, 4.69) is 5.10 Å². The number of carboxylic acid groups (broad SMARTS) is 1. The van der Waals surface area contributed by atoms with E-state index < -0.39 is 22.9 Å². The lowest BCUT2D eigenvalue weighted by Crippen LogP contribution is -2.28. The number of carboxylic acids is 1. The molecule has 0 aliphatic heterocycles. The predicted molar refractivity (Wildman–Crippen MR) is 101 cm³/mol. The molecule has 0 fully saturated rings. The van der Waals surface area contributed by atoms with E-state index in [0.29, 0.717) is 22.8 Å². The van der Waals surface area contributed by atoms with Crippen LogP contribution in [0.1, 0.15) is 23.0 Å². The van der Waals surface area contributed by atoms with Crippen molar-refractivity contribution in [1.29, 1.82) is 0 Å². The topological polar surface area (TPSA) is 77.1 Å².